The van der Waals surface area contributed by atoms with Crippen LogP contribution in [0.3, 0.4) is 0 Å². The molecule has 2 aromatic heterocycles. The van der Waals surface area contributed by atoms with Crippen LogP contribution in [0.2, 0.25) is 0 Å². The second-order valence-corrected chi connectivity index (χ2v) is 5.33. The zero-order chi connectivity index (χ0) is 17.6. The van der Waals surface area contributed by atoms with Crippen molar-refractivity contribution in [3.8, 4) is 11.1 Å². The van der Waals surface area contributed by atoms with Crippen molar-refractivity contribution in [2.75, 3.05) is 0 Å². The van der Waals surface area contributed by atoms with Gasteiger partial charge in [-0.1, -0.05) is 12.1 Å². The highest BCUT2D eigenvalue weighted by Gasteiger charge is 2.30. The summed E-state index contributed by atoms with van der Waals surface area (Å²) in [6.45, 7) is 3.29. The maximum Gasteiger partial charge on any atom is 0.416 e. The molecule has 124 valence electrons. The molecule has 0 fully saturated rings. The van der Waals surface area contributed by atoms with Crippen LogP contribution in [0, 0.1) is 13.8 Å². The molecule has 0 bridgehead atoms. The fourth-order valence-corrected chi connectivity index (χ4v) is 2.58. The molecule has 0 amide bonds. The standard InChI is InChI=1S/C16H12F3N3O2/c1-8-13(10-3-5-11(6-4-10)16(17,18)19)14-20-7-12(15(23)24)9(2)22(14)21-8/h3-7H,1-2H3,(H,23,24). The largest absolute Gasteiger partial charge is 0.478 e. The van der Waals surface area contributed by atoms with Crippen molar-refractivity contribution in [2.24, 2.45) is 0 Å². The van der Waals surface area contributed by atoms with Gasteiger partial charge in [0, 0.05) is 11.8 Å². The first-order valence-electron chi connectivity index (χ1n) is 6.96. The molecular weight excluding hydrogens is 323 g/mol. The van der Waals surface area contributed by atoms with Gasteiger partial charge < -0.3 is 5.11 Å². The van der Waals surface area contributed by atoms with Crippen molar-refractivity contribution >= 4 is 11.6 Å². The van der Waals surface area contributed by atoms with E-state index in [-0.39, 0.29) is 5.56 Å². The van der Waals surface area contributed by atoms with E-state index in [9.17, 15) is 18.0 Å². The third kappa shape index (κ3) is 2.49. The minimum Gasteiger partial charge on any atom is -0.478 e. The molecule has 8 heteroatoms. The number of aromatic carboxylic acids is 1. The van der Waals surface area contributed by atoms with E-state index in [1.54, 1.807) is 13.8 Å². The second kappa shape index (κ2) is 5.33. The maximum absolute atomic E-state index is 12.7. The van der Waals surface area contributed by atoms with Crippen LogP contribution in [-0.2, 0) is 6.18 Å². The third-order valence-electron chi connectivity index (χ3n) is 3.79. The molecule has 1 N–H and O–H groups in total. The van der Waals surface area contributed by atoms with Crippen molar-refractivity contribution in [3.63, 3.8) is 0 Å². The Kier molecular flexibility index (Phi) is 3.55. The summed E-state index contributed by atoms with van der Waals surface area (Å²) in [5, 5.41) is 13.4. The molecule has 0 saturated carbocycles. The highest BCUT2D eigenvalue weighted by Crippen LogP contribution is 2.33. The third-order valence-corrected chi connectivity index (χ3v) is 3.79. The van der Waals surface area contributed by atoms with E-state index in [4.69, 9.17) is 5.11 Å². The minimum absolute atomic E-state index is 0.0176. The van der Waals surface area contributed by atoms with Crippen LogP contribution in [0.15, 0.2) is 30.5 Å². The average molecular weight is 335 g/mol. The fraction of sp³-hybridized carbons (Fsp3) is 0.188. The van der Waals surface area contributed by atoms with Gasteiger partial charge in [0.05, 0.1) is 22.5 Å². The number of benzene rings is 1. The van der Waals surface area contributed by atoms with E-state index >= 15 is 0 Å². The van der Waals surface area contributed by atoms with Gasteiger partial charge in [0.1, 0.15) is 0 Å². The number of carboxylic acid groups (broad SMARTS) is 1. The van der Waals surface area contributed by atoms with Gasteiger partial charge in [-0.3, -0.25) is 0 Å². The van der Waals surface area contributed by atoms with Gasteiger partial charge in [-0.25, -0.2) is 14.3 Å². The Morgan fingerprint density at radius 3 is 2.33 bits per heavy atom. The number of hydrogen-bond donors (Lipinski definition) is 1. The van der Waals surface area contributed by atoms with Crippen LogP contribution >= 0.6 is 0 Å². The number of nitrogens with zero attached hydrogens (tertiary/aromatic N) is 3. The summed E-state index contributed by atoms with van der Waals surface area (Å²) < 4.78 is 39.4. The smallest absolute Gasteiger partial charge is 0.416 e. The van der Waals surface area contributed by atoms with Crippen LogP contribution in [-0.4, -0.2) is 25.7 Å². The van der Waals surface area contributed by atoms with Crippen LogP contribution in [0.5, 0.6) is 0 Å². The Hall–Kier alpha value is -2.90. The van der Waals surface area contributed by atoms with Gasteiger partial charge in [-0.2, -0.15) is 18.3 Å². The summed E-state index contributed by atoms with van der Waals surface area (Å²) in [6.07, 6.45) is -3.18. The molecule has 0 radical (unpaired) electrons. The topological polar surface area (TPSA) is 67.5 Å². The van der Waals surface area contributed by atoms with Crippen LogP contribution in [0.25, 0.3) is 16.8 Å². The first-order chi connectivity index (χ1) is 11.2. The summed E-state index contributed by atoms with van der Waals surface area (Å²) >= 11 is 0. The van der Waals surface area contributed by atoms with Crippen molar-refractivity contribution in [1.29, 1.82) is 0 Å². The number of carboxylic acids is 1. The molecule has 0 atom stereocenters. The zero-order valence-corrected chi connectivity index (χ0v) is 12.7. The van der Waals surface area contributed by atoms with Gasteiger partial charge in [0.25, 0.3) is 0 Å². The first-order valence-corrected chi connectivity index (χ1v) is 6.96. The fourth-order valence-electron chi connectivity index (χ4n) is 2.58. The van der Waals surface area contributed by atoms with E-state index < -0.39 is 17.7 Å². The van der Waals surface area contributed by atoms with E-state index in [2.05, 4.69) is 10.1 Å². The molecule has 0 aliphatic carbocycles. The summed E-state index contributed by atoms with van der Waals surface area (Å²) in [7, 11) is 0. The number of halogens is 3. The minimum atomic E-state index is -4.40. The number of hydrogen-bond acceptors (Lipinski definition) is 3. The summed E-state index contributed by atoms with van der Waals surface area (Å²) in [6, 6.07) is 4.71. The monoisotopic (exact) mass is 335 g/mol. The Balaban J connectivity index is 2.18. The number of carbonyl (C=O) groups is 1. The van der Waals surface area contributed by atoms with Gasteiger partial charge in [0.15, 0.2) is 5.65 Å². The lowest BCUT2D eigenvalue weighted by molar-refractivity contribution is -0.137. The zero-order valence-electron chi connectivity index (χ0n) is 12.7. The number of aryl methyl sites for hydroxylation is 2. The highest BCUT2D eigenvalue weighted by molar-refractivity contribution is 5.89. The van der Waals surface area contributed by atoms with Gasteiger partial charge in [-0.05, 0) is 31.5 Å². The average Bonchev–Trinajstić information content (AvgIpc) is 2.83. The lowest BCUT2D eigenvalue weighted by atomic mass is 10.0. The lowest BCUT2D eigenvalue weighted by Crippen LogP contribution is -2.07. The van der Waals surface area contributed by atoms with Crippen molar-refractivity contribution in [2.45, 2.75) is 20.0 Å². The van der Waals surface area contributed by atoms with Gasteiger partial charge in [0.2, 0.25) is 0 Å². The Bertz CT molecular complexity index is 944. The Labute approximate surface area is 134 Å². The molecule has 2 heterocycles. The normalized spacial score (nSPS) is 11.9. The van der Waals surface area contributed by atoms with Crippen LogP contribution in [0.4, 0.5) is 13.2 Å². The first kappa shape index (κ1) is 16.0. The Morgan fingerprint density at radius 2 is 1.79 bits per heavy atom. The highest BCUT2D eigenvalue weighted by atomic mass is 19.4. The molecule has 0 spiro atoms. The van der Waals surface area contributed by atoms with E-state index in [0.717, 1.165) is 12.1 Å². The van der Waals surface area contributed by atoms with Crippen molar-refractivity contribution in [1.82, 2.24) is 14.6 Å². The molecule has 3 aromatic rings. The lowest BCUT2D eigenvalue weighted by Gasteiger charge is -2.08. The number of alkyl halides is 3. The molecule has 3 rings (SSSR count). The second-order valence-electron chi connectivity index (χ2n) is 5.33. The summed E-state index contributed by atoms with van der Waals surface area (Å²) in [4.78, 5) is 15.3. The molecule has 0 unspecified atom stereocenters. The van der Waals surface area contributed by atoms with E-state index in [1.165, 1.54) is 22.8 Å². The van der Waals surface area contributed by atoms with E-state index in [1.807, 2.05) is 0 Å². The quantitative estimate of drug-likeness (QED) is 0.775. The molecule has 1 aromatic carbocycles. The predicted octanol–water partition coefficient (Wildman–Crippen LogP) is 3.73. The number of aromatic nitrogens is 3. The van der Waals surface area contributed by atoms with Crippen molar-refractivity contribution in [3.05, 3.63) is 53.0 Å². The molecule has 0 aliphatic heterocycles. The molecule has 5 nitrogen and oxygen atoms in total. The molecular formula is C16H12F3N3O2. The SMILES string of the molecule is Cc1nn2c(C)c(C(=O)O)cnc2c1-c1ccc(C(F)(F)F)cc1. The van der Waals surface area contributed by atoms with Gasteiger partial charge >= 0.3 is 12.1 Å². The summed E-state index contributed by atoms with van der Waals surface area (Å²) in [5.74, 6) is -1.12. The van der Waals surface area contributed by atoms with Crippen LogP contribution < -0.4 is 0 Å². The van der Waals surface area contributed by atoms with E-state index in [0.29, 0.717) is 28.2 Å². The van der Waals surface area contributed by atoms with Crippen LogP contribution in [0.1, 0.15) is 27.3 Å². The predicted molar refractivity (Wildman–Crippen MR) is 79.9 cm³/mol. The van der Waals surface area contributed by atoms with Gasteiger partial charge in [-0.15, -0.1) is 0 Å². The van der Waals surface area contributed by atoms with Crippen molar-refractivity contribution < 1.29 is 23.1 Å². The molecule has 0 aliphatic rings. The maximum atomic E-state index is 12.7. The molecule has 24 heavy (non-hydrogen) atoms. The summed E-state index contributed by atoms with van der Waals surface area (Å²) in [5.41, 5.74) is 1.73. The Morgan fingerprint density at radius 1 is 1.17 bits per heavy atom. The number of rotatable bonds is 2. The molecule has 0 saturated heterocycles. The number of fused-ring (bicyclic) bond motifs is 1.